The maximum atomic E-state index is 13.0. The van der Waals surface area contributed by atoms with Crippen molar-refractivity contribution in [3.63, 3.8) is 0 Å². The fourth-order valence-electron chi connectivity index (χ4n) is 8.73. The van der Waals surface area contributed by atoms with Gasteiger partial charge in [0.2, 0.25) is 0 Å². The molecule has 14 heteroatoms. The molecule has 0 aromatic rings. The summed E-state index contributed by atoms with van der Waals surface area (Å²) in [5, 5.41) is 72.2. The van der Waals surface area contributed by atoms with Gasteiger partial charge in [0.25, 0.3) is 0 Å². The van der Waals surface area contributed by atoms with E-state index in [-0.39, 0.29) is 25.6 Å². The van der Waals surface area contributed by atoms with Gasteiger partial charge in [0.05, 0.1) is 26.4 Å². The molecule has 11 unspecified atom stereocenters. The van der Waals surface area contributed by atoms with E-state index in [1.807, 2.05) is 0 Å². The van der Waals surface area contributed by atoms with E-state index in [9.17, 15) is 40.5 Å². The first kappa shape index (κ1) is 62.6. The largest absolute Gasteiger partial charge is 0.457 e. The number of rotatable bonds is 44. The first-order valence-electron chi connectivity index (χ1n) is 27.4. The van der Waals surface area contributed by atoms with E-state index in [4.69, 9.17) is 28.4 Å². The minimum atomic E-state index is -1.70. The molecule has 2 saturated heterocycles. The Morgan fingerprint density at radius 2 is 0.912 bits per heavy atom. The lowest BCUT2D eigenvalue weighted by Crippen LogP contribution is -2.61. The van der Waals surface area contributed by atoms with Gasteiger partial charge >= 0.3 is 5.97 Å². The Hall–Kier alpha value is -1.53. The Labute approximate surface area is 411 Å². The zero-order chi connectivity index (χ0) is 49.5. The maximum absolute atomic E-state index is 13.0. The topological polar surface area (TPSA) is 214 Å². The zero-order valence-corrected chi connectivity index (χ0v) is 42.6. The average Bonchev–Trinajstić information content (AvgIpc) is 3.33. The summed E-state index contributed by atoms with van der Waals surface area (Å²) >= 11 is 0. The van der Waals surface area contributed by atoms with Crippen molar-refractivity contribution < 1.29 is 69.0 Å². The van der Waals surface area contributed by atoms with Crippen molar-refractivity contribution in [2.45, 2.75) is 280 Å². The average molecular weight is 973 g/mol. The quantitative estimate of drug-likeness (QED) is 0.0173. The first-order chi connectivity index (χ1) is 33.1. The van der Waals surface area contributed by atoms with Crippen molar-refractivity contribution in [1.29, 1.82) is 0 Å². The van der Waals surface area contributed by atoms with Gasteiger partial charge in [-0.1, -0.05) is 186 Å². The van der Waals surface area contributed by atoms with E-state index in [0.717, 1.165) is 51.4 Å². The van der Waals surface area contributed by atoms with Crippen LogP contribution in [0.25, 0.3) is 0 Å². The van der Waals surface area contributed by atoms with Crippen LogP contribution >= 0.6 is 0 Å². The number of carbonyl (C=O) groups is 1. The molecule has 68 heavy (non-hydrogen) atoms. The summed E-state index contributed by atoms with van der Waals surface area (Å²) in [5.41, 5.74) is 0. The van der Waals surface area contributed by atoms with Gasteiger partial charge in [0.15, 0.2) is 12.6 Å². The third-order valence-corrected chi connectivity index (χ3v) is 13.2. The monoisotopic (exact) mass is 973 g/mol. The third kappa shape index (κ3) is 29.1. The summed E-state index contributed by atoms with van der Waals surface area (Å²) in [6, 6.07) is 0. The Morgan fingerprint density at radius 1 is 0.485 bits per heavy atom. The highest BCUT2D eigenvalue weighted by atomic mass is 16.7. The number of aliphatic hydroxyl groups is 7. The molecule has 2 heterocycles. The molecule has 14 nitrogen and oxygen atoms in total. The summed E-state index contributed by atoms with van der Waals surface area (Å²) in [6.45, 7) is 3.69. The van der Waals surface area contributed by atoms with Gasteiger partial charge in [-0.25, -0.2) is 0 Å². The molecule has 2 aliphatic heterocycles. The second-order valence-electron chi connectivity index (χ2n) is 19.4. The van der Waals surface area contributed by atoms with Crippen molar-refractivity contribution in [3.8, 4) is 0 Å². The number of allylic oxidation sites excluding steroid dienone is 4. The lowest BCUT2D eigenvalue weighted by atomic mass is 9.98. The number of esters is 1. The van der Waals surface area contributed by atoms with Gasteiger partial charge < -0.3 is 64.2 Å². The van der Waals surface area contributed by atoms with Crippen LogP contribution in [0.5, 0.6) is 0 Å². The van der Waals surface area contributed by atoms with Crippen molar-refractivity contribution in [3.05, 3.63) is 24.3 Å². The number of hydrogen-bond acceptors (Lipinski definition) is 14. The molecular formula is C54H100O14. The van der Waals surface area contributed by atoms with Crippen molar-refractivity contribution >= 4 is 5.97 Å². The number of unbranched alkanes of at least 4 members (excludes halogenated alkanes) is 26. The molecule has 2 rings (SSSR count). The van der Waals surface area contributed by atoms with Gasteiger partial charge in [-0.3, -0.25) is 4.79 Å². The lowest BCUT2D eigenvalue weighted by Gasteiger charge is -2.42. The summed E-state index contributed by atoms with van der Waals surface area (Å²) in [5.74, 6) is -0.377. The molecule has 400 valence electrons. The smallest absolute Gasteiger partial charge is 0.306 e. The van der Waals surface area contributed by atoms with Gasteiger partial charge in [0, 0.05) is 13.0 Å². The molecule has 7 N–H and O–H groups in total. The van der Waals surface area contributed by atoms with Crippen molar-refractivity contribution in [2.75, 3.05) is 33.0 Å². The molecule has 0 aromatic carbocycles. The standard InChI is InChI=1S/C54H100O14/c1-3-5-7-9-11-13-15-17-19-20-21-22-23-25-27-29-31-33-35-37-46(56)66-43(40-63-38-36-34-32-30-28-26-24-18-16-14-12-10-8-6-4-2)41-64-53-52(62)50(60)48(58)45(68-53)42-65-54-51(61)49(59)47(57)44(39-55)67-54/h11,13,17,19,43-45,47-55,57-62H,3-10,12,14-16,18,20-42H2,1-2H3/b13-11-,19-17-. The summed E-state index contributed by atoms with van der Waals surface area (Å²) in [6.07, 6.45) is 29.4. The van der Waals surface area contributed by atoms with Gasteiger partial charge in [0.1, 0.15) is 54.9 Å². The number of carbonyl (C=O) groups excluding carboxylic acids is 1. The van der Waals surface area contributed by atoms with Crippen LogP contribution in [0.15, 0.2) is 24.3 Å². The van der Waals surface area contributed by atoms with E-state index in [1.54, 1.807) is 0 Å². The molecule has 11 atom stereocenters. The predicted octanol–water partition coefficient (Wildman–Crippen LogP) is 8.80. The Bertz CT molecular complexity index is 1220. The van der Waals surface area contributed by atoms with E-state index >= 15 is 0 Å². The number of hydrogen-bond donors (Lipinski definition) is 7. The summed E-state index contributed by atoms with van der Waals surface area (Å²) in [7, 11) is 0. The van der Waals surface area contributed by atoms with Gasteiger partial charge in [-0.05, 0) is 44.9 Å². The van der Waals surface area contributed by atoms with Crippen LogP contribution in [-0.4, -0.2) is 142 Å². The van der Waals surface area contributed by atoms with Crippen molar-refractivity contribution in [2.24, 2.45) is 0 Å². The van der Waals surface area contributed by atoms with Crippen LogP contribution in [0.3, 0.4) is 0 Å². The van der Waals surface area contributed by atoms with E-state index in [2.05, 4.69) is 38.2 Å². The van der Waals surface area contributed by atoms with Crippen LogP contribution in [0.4, 0.5) is 0 Å². The Morgan fingerprint density at radius 3 is 1.44 bits per heavy atom. The molecule has 0 spiro atoms. The molecule has 0 aromatic heterocycles. The minimum Gasteiger partial charge on any atom is -0.457 e. The highest BCUT2D eigenvalue weighted by molar-refractivity contribution is 5.69. The first-order valence-corrected chi connectivity index (χ1v) is 27.4. The van der Waals surface area contributed by atoms with E-state index in [0.29, 0.717) is 13.0 Å². The van der Waals surface area contributed by atoms with Crippen LogP contribution in [-0.2, 0) is 33.2 Å². The summed E-state index contributed by atoms with van der Waals surface area (Å²) in [4.78, 5) is 13.0. The highest BCUT2D eigenvalue weighted by Gasteiger charge is 2.47. The lowest BCUT2D eigenvalue weighted by molar-refractivity contribution is -0.332. The zero-order valence-electron chi connectivity index (χ0n) is 42.6. The van der Waals surface area contributed by atoms with E-state index in [1.165, 1.54) is 135 Å². The second-order valence-corrected chi connectivity index (χ2v) is 19.4. The van der Waals surface area contributed by atoms with E-state index < -0.39 is 80.7 Å². The predicted molar refractivity (Wildman–Crippen MR) is 266 cm³/mol. The fourth-order valence-corrected chi connectivity index (χ4v) is 8.73. The molecule has 0 radical (unpaired) electrons. The molecule has 0 amide bonds. The van der Waals surface area contributed by atoms with Gasteiger partial charge in [-0.15, -0.1) is 0 Å². The summed E-state index contributed by atoms with van der Waals surface area (Å²) < 4.78 is 34.3. The van der Waals surface area contributed by atoms with Crippen LogP contribution < -0.4 is 0 Å². The molecule has 2 aliphatic rings. The van der Waals surface area contributed by atoms with Crippen LogP contribution in [0.1, 0.15) is 213 Å². The SMILES string of the molecule is CCCCC/C=C\C/C=C\CCCCCCCCCCCC(=O)OC(COCCCCCCCCCCCCCCCCC)COC1OC(COC2OC(CO)C(O)C(O)C2O)C(O)C(O)C1O. The molecule has 0 bridgehead atoms. The van der Waals surface area contributed by atoms with Crippen molar-refractivity contribution in [1.82, 2.24) is 0 Å². The Balaban J connectivity index is 1.74. The number of ether oxygens (including phenoxy) is 6. The van der Waals surface area contributed by atoms with Gasteiger partial charge in [-0.2, -0.15) is 0 Å². The van der Waals surface area contributed by atoms with Crippen LogP contribution in [0.2, 0.25) is 0 Å². The number of aliphatic hydroxyl groups excluding tert-OH is 7. The molecule has 0 saturated carbocycles. The highest BCUT2D eigenvalue weighted by Crippen LogP contribution is 2.26. The normalized spacial score (nSPS) is 26.0. The maximum Gasteiger partial charge on any atom is 0.306 e. The Kier molecular flexibility index (Phi) is 38.7. The minimum absolute atomic E-state index is 0.0643. The van der Waals surface area contributed by atoms with Crippen LogP contribution in [0, 0.1) is 0 Å². The molecular weight excluding hydrogens is 873 g/mol. The third-order valence-electron chi connectivity index (χ3n) is 13.2. The molecule has 2 fully saturated rings. The molecule has 0 aliphatic carbocycles. The second kappa shape index (κ2) is 42.0. The fraction of sp³-hybridized carbons (Fsp3) is 0.907.